The van der Waals surface area contributed by atoms with Crippen LogP contribution in [0.15, 0.2) is 23.2 Å². The van der Waals surface area contributed by atoms with Crippen LogP contribution in [0.5, 0.6) is 0 Å². The highest BCUT2D eigenvalue weighted by Gasteiger charge is 2.54. The summed E-state index contributed by atoms with van der Waals surface area (Å²) in [5.74, 6) is -0.126. The Bertz CT molecular complexity index is 814. The standard InChI is InChI=1S/C19H27ClN4O3/c1-17(2,3)27-16(26)22-15-23-19(6,18(4,5)14(25)24(15)7)12-10-11(21)8-9-13(12)20/h8-10H,21H2,1-7H3,(H,22,23,26)/t19-/m1/s1. The minimum atomic E-state index is -1.05. The van der Waals surface area contributed by atoms with Crippen LogP contribution in [0, 0.1) is 5.41 Å². The zero-order chi connectivity index (χ0) is 20.8. The number of carbonyl (C=O) groups is 2. The van der Waals surface area contributed by atoms with E-state index in [1.165, 1.54) is 4.90 Å². The van der Waals surface area contributed by atoms with Crippen LogP contribution >= 0.6 is 11.6 Å². The molecular formula is C19H27ClN4O3. The first-order chi connectivity index (χ1) is 12.2. The number of aliphatic imine (C=N–C) groups is 1. The van der Waals surface area contributed by atoms with Crippen molar-refractivity contribution in [2.45, 2.75) is 52.7 Å². The summed E-state index contributed by atoms with van der Waals surface area (Å²) in [5, 5.41) is 3.01. The molecular weight excluding hydrogens is 368 g/mol. The topological polar surface area (TPSA) is 97.0 Å². The van der Waals surface area contributed by atoms with Crippen molar-refractivity contribution in [3.05, 3.63) is 28.8 Å². The minimum absolute atomic E-state index is 0.0922. The number of benzene rings is 1. The Kier molecular flexibility index (Phi) is 5.22. The number of hydrogen-bond acceptors (Lipinski definition) is 5. The first-order valence-electron chi connectivity index (χ1n) is 8.62. The maximum Gasteiger partial charge on any atom is 0.414 e. The Morgan fingerprint density at radius 2 is 1.89 bits per heavy atom. The van der Waals surface area contributed by atoms with Crippen LogP contribution in [0.3, 0.4) is 0 Å². The zero-order valence-electron chi connectivity index (χ0n) is 16.8. The highest BCUT2D eigenvalue weighted by Crippen LogP contribution is 2.49. The Balaban J connectivity index is 2.57. The number of alkyl carbamates (subject to hydrolysis) is 1. The van der Waals surface area contributed by atoms with Gasteiger partial charge in [0.25, 0.3) is 0 Å². The molecule has 1 aliphatic rings. The van der Waals surface area contributed by atoms with E-state index < -0.39 is 22.6 Å². The Labute approximate surface area is 164 Å². The molecule has 0 unspecified atom stereocenters. The summed E-state index contributed by atoms with van der Waals surface area (Å²) in [6.07, 6.45) is -0.693. The van der Waals surface area contributed by atoms with E-state index in [4.69, 9.17) is 27.1 Å². The third-order valence-electron chi connectivity index (χ3n) is 4.83. The van der Waals surface area contributed by atoms with Crippen molar-refractivity contribution in [1.82, 2.24) is 10.2 Å². The Morgan fingerprint density at radius 3 is 2.44 bits per heavy atom. The fourth-order valence-corrected chi connectivity index (χ4v) is 3.27. The molecule has 1 aromatic carbocycles. The van der Waals surface area contributed by atoms with E-state index in [0.717, 1.165) is 0 Å². The quantitative estimate of drug-likeness (QED) is 0.712. The van der Waals surface area contributed by atoms with E-state index in [9.17, 15) is 9.59 Å². The molecule has 0 radical (unpaired) electrons. The molecule has 27 heavy (non-hydrogen) atoms. The molecule has 0 aliphatic carbocycles. The van der Waals surface area contributed by atoms with Crippen LogP contribution in [-0.2, 0) is 15.1 Å². The SMILES string of the molecule is CN1C(=O)C(C)(C)[C@@](C)(c2cc(N)ccc2Cl)N=C1NC(=O)OC(C)(C)C. The van der Waals surface area contributed by atoms with Crippen LogP contribution < -0.4 is 11.1 Å². The monoisotopic (exact) mass is 394 g/mol. The fraction of sp³-hybridized carbons (Fsp3) is 0.526. The highest BCUT2D eigenvalue weighted by atomic mass is 35.5. The molecule has 0 aromatic heterocycles. The van der Waals surface area contributed by atoms with Crippen molar-refractivity contribution in [2.75, 3.05) is 12.8 Å². The molecule has 1 aromatic rings. The molecule has 0 saturated heterocycles. The number of guanidine groups is 1. The molecule has 2 amide bonds. The number of nitrogens with zero attached hydrogens (tertiary/aromatic N) is 2. The highest BCUT2D eigenvalue weighted by molar-refractivity contribution is 6.31. The van der Waals surface area contributed by atoms with Crippen molar-refractivity contribution in [1.29, 1.82) is 0 Å². The normalized spacial score (nSPS) is 22.3. The summed E-state index contributed by atoms with van der Waals surface area (Å²) in [6.45, 7) is 10.6. The summed E-state index contributed by atoms with van der Waals surface area (Å²) in [5.41, 5.74) is 4.40. The van der Waals surface area contributed by atoms with Gasteiger partial charge < -0.3 is 10.5 Å². The maximum absolute atomic E-state index is 13.1. The fourth-order valence-electron chi connectivity index (χ4n) is 2.97. The molecule has 0 saturated carbocycles. The van der Waals surface area contributed by atoms with Gasteiger partial charge in [0.1, 0.15) is 11.1 Å². The lowest BCUT2D eigenvalue weighted by molar-refractivity contribution is -0.140. The van der Waals surface area contributed by atoms with Gasteiger partial charge in [-0.15, -0.1) is 0 Å². The number of rotatable bonds is 1. The van der Waals surface area contributed by atoms with Gasteiger partial charge >= 0.3 is 6.09 Å². The van der Waals surface area contributed by atoms with E-state index in [-0.39, 0.29) is 11.9 Å². The molecule has 0 spiro atoms. The number of amides is 2. The van der Waals surface area contributed by atoms with E-state index >= 15 is 0 Å². The number of ether oxygens (including phenoxy) is 1. The number of anilines is 1. The largest absolute Gasteiger partial charge is 0.444 e. The van der Waals surface area contributed by atoms with Crippen LogP contribution in [0.25, 0.3) is 0 Å². The summed E-state index contributed by atoms with van der Waals surface area (Å²) in [6, 6.07) is 5.06. The van der Waals surface area contributed by atoms with Gasteiger partial charge in [-0.25, -0.2) is 9.79 Å². The van der Waals surface area contributed by atoms with E-state index in [1.54, 1.807) is 66.8 Å². The molecule has 0 bridgehead atoms. The predicted octanol–water partition coefficient (Wildman–Crippen LogP) is 3.52. The van der Waals surface area contributed by atoms with Gasteiger partial charge in [-0.1, -0.05) is 11.6 Å². The van der Waals surface area contributed by atoms with Gasteiger partial charge in [0.2, 0.25) is 11.9 Å². The zero-order valence-corrected chi connectivity index (χ0v) is 17.6. The number of nitrogen functional groups attached to an aromatic ring is 1. The van der Waals surface area contributed by atoms with Gasteiger partial charge in [0.15, 0.2) is 0 Å². The lowest BCUT2D eigenvalue weighted by Gasteiger charge is -2.47. The van der Waals surface area contributed by atoms with Crippen LogP contribution in [0.1, 0.15) is 47.1 Å². The molecule has 2 rings (SSSR count). The molecule has 1 atom stereocenters. The summed E-state index contributed by atoms with van der Waals surface area (Å²) in [4.78, 5) is 31.3. The van der Waals surface area contributed by atoms with Crippen molar-refractivity contribution in [3.8, 4) is 0 Å². The number of halogens is 1. The Hall–Kier alpha value is -2.28. The molecule has 8 heteroatoms. The minimum Gasteiger partial charge on any atom is -0.444 e. The van der Waals surface area contributed by atoms with Gasteiger partial charge in [0.05, 0.1) is 5.41 Å². The number of nitrogens with two attached hydrogens (primary N) is 1. The number of nitrogens with one attached hydrogen (secondary N) is 1. The molecule has 1 heterocycles. The molecule has 148 valence electrons. The van der Waals surface area contributed by atoms with Crippen LogP contribution in [-0.4, -0.2) is 35.5 Å². The van der Waals surface area contributed by atoms with Gasteiger partial charge in [-0.2, -0.15) is 0 Å². The van der Waals surface area contributed by atoms with Gasteiger partial charge in [-0.05, 0) is 59.7 Å². The summed E-state index contributed by atoms with van der Waals surface area (Å²) in [7, 11) is 1.56. The lowest BCUT2D eigenvalue weighted by Crippen LogP contribution is -2.60. The summed E-state index contributed by atoms with van der Waals surface area (Å²) < 4.78 is 5.28. The Morgan fingerprint density at radius 1 is 1.30 bits per heavy atom. The first-order valence-corrected chi connectivity index (χ1v) is 9.00. The third-order valence-corrected chi connectivity index (χ3v) is 5.16. The number of carbonyl (C=O) groups excluding carboxylic acids is 2. The van der Waals surface area contributed by atoms with E-state index in [2.05, 4.69) is 5.32 Å². The van der Waals surface area contributed by atoms with Crippen molar-refractivity contribution in [2.24, 2.45) is 10.4 Å². The van der Waals surface area contributed by atoms with Crippen molar-refractivity contribution >= 4 is 35.2 Å². The maximum atomic E-state index is 13.1. The van der Waals surface area contributed by atoms with Gasteiger partial charge in [0, 0.05) is 23.3 Å². The first kappa shape index (κ1) is 21.0. The second-order valence-corrected chi connectivity index (χ2v) is 8.77. The second kappa shape index (κ2) is 6.71. The van der Waals surface area contributed by atoms with Crippen molar-refractivity contribution < 1.29 is 14.3 Å². The van der Waals surface area contributed by atoms with Gasteiger partial charge in [-0.3, -0.25) is 15.0 Å². The second-order valence-electron chi connectivity index (χ2n) is 8.36. The number of hydrogen-bond donors (Lipinski definition) is 2. The van der Waals surface area contributed by atoms with Crippen LogP contribution in [0.4, 0.5) is 10.5 Å². The van der Waals surface area contributed by atoms with Crippen molar-refractivity contribution in [3.63, 3.8) is 0 Å². The molecule has 1 aliphatic heterocycles. The average Bonchev–Trinajstić information content (AvgIpc) is 2.51. The third kappa shape index (κ3) is 3.88. The van der Waals surface area contributed by atoms with E-state index in [1.807, 2.05) is 0 Å². The predicted molar refractivity (Wildman–Crippen MR) is 107 cm³/mol. The average molecular weight is 395 g/mol. The summed E-state index contributed by atoms with van der Waals surface area (Å²) >= 11 is 6.41. The molecule has 3 N–H and O–H groups in total. The lowest BCUT2D eigenvalue weighted by atomic mass is 9.67. The van der Waals surface area contributed by atoms with Crippen LogP contribution in [0.2, 0.25) is 5.02 Å². The molecule has 0 fully saturated rings. The smallest absolute Gasteiger partial charge is 0.414 e. The molecule has 7 nitrogen and oxygen atoms in total. The van der Waals surface area contributed by atoms with E-state index in [0.29, 0.717) is 16.3 Å².